The number of halogens is 1. The van der Waals surface area contributed by atoms with Gasteiger partial charge in [-0.1, -0.05) is 12.1 Å². The highest BCUT2D eigenvalue weighted by molar-refractivity contribution is 7.89. The van der Waals surface area contributed by atoms with Crippen molar-refractivity contribution in [3.63, 3.8) is 0 Å². The molecule has 0 radical (unpaired) electrons. The van der Waals surface area contributed by atoms with Crippen molar-refractivity contribution in [1.82, 2.24) is 4.72 Å². The second-order valence-corrected chi connectivity index (χ2v) is 4.87. The van der Waals surface area contributed by atoms with E-state index >= 15 is 0 Å². The van der Waals surface area contributed by atoms with E-state index in [0.717, 1.165) is 12.1 Å². The molecule has 17 heavy (non-hydrogen) atoms. The molecule has 3 N–H and O–H groups in total. The summed E-state index contributed by atoms with van der Waals surface area (Å²) in [5, 5.41) is 17.2. The highest BCUT2D eigenvalue weighted by atomic mass is 32.2. The van der Waals surface area contributed by atoms with Crippen LogP contribution in [0.2, 0.25) is 0 Å². The molecule has 0 saturated carbocycles. The van der Waals surface area contributed by atoms with Crippen molar-refractivity contribution in [2.75, 3.05) is 6.54 Å². The number of carboxylic acid groups (broad SMARTS) is 1. The normalized spacial score (nSPS) is 13.3. The fourth-order valence-corrected chi connectivity index (χ4v) is 2.13. The summed E-state index contributed by atoms with van der Waals surface area (Å²) in [7, 11) is -4.17. The maximum atomic E-state index is 13.2. The van der Waals surface area contributed by atoms with Gasteiger partial charge in [-0.2, -0.15) is 0 Å². The largest absolute Gasteiger partial charge is 0.479 e. The van der Waals surface area contributed by atoms with Crippen LogP contribution in [0.15, 0.2) is 29.2 Å². The maximum absolute atomic E-state index is 13.2. The summed E-state index contributed by atoms with van der Waals surface area (Å²) < 4.78 is 38.0. The van der Waals surface area contributed by atoms with Crippen LogP contribution in [0.1, 0.15) is 0 Å². The lowest BCUT2D eigenvalue weighted by Crippen LogP contribution is -2.36. The van der Waals surface area contributed by atoms with Gasteiger partial charge in [-0.25, -0.2) is 22.3 Å². The van der Waals surface area contributed by atoms with E-state index in [1.165, 1.54) is 12.1 Å². The van der Waals surface area contributed by atoms with E-state index in [-0.39, 0.29) is 0 Å². The van der Waals surface area contributed by atoms with Crippen molar-refractivity contribution >= 4 is 16.0 Å². The number of aliphatic hydroxyl groups is 1. The molecule has 1 aromatic rings. The Morgan fingerprint density at radius 1 is 1.41 bits per heavy atom. The predicted molar refractivity (Wildman–Crippen MR) is 55.2 cm³/mol. The topological polar surface area (TPSA) is 104 Å². The molecule has 0 aliphatic carbocycles. The van der Waals surface area contributed by atoms with E-state index in [1.807, 2.05) is 0 Å². The van der Waals surface area contributed by atoms with Crippen LogP contribution < -0.4 is 4.72 Å². The van der Waals surface area contributed by atoms with Crippen molar-refractivity contribution in [1.29, 1.82) is 0 Å². The summed E-state index contributed by atoms with van der Waals surface area (Å²) in [6.07, 6.45) is -1.88. The third kappa shape index (κ3) is 3.48. The van der Waals surface area contributed by atoms with E-state index in [2.05, 4.69) is 0 Å². The third-order valence-electron chi connectivity index (χ3n) is 1.88. The number of sulfonamides is 1. The standard InChI is InChI=1S/C9H10FNO5S/c10-6-3-1-2-4-8(6)17(15,16)11-5-7(12)9(13)14/h1-4,7,11-12H,5H2,(H,13,14). The first kappa shape index (κ1) is 13.6. The summed E-state index contributed by atoms with van der Waals surface area (Å²) in [4.78, 5) is 9.66. The molecule has 0 saturated heterocycles. The lowest BCUT2D eigenvalue weighted by atomic mass is 10.3. The van der Waals surface area contributed by atoms with Crippen molar-refractivity contribution < 1.29 is 27.8 Å². The van der Waals surface area contributed by atoms with Gasteiger partial charge in [0.15, 0.2) is 6.10 Å². The molecule has 0 aliphatic heterocycles. The molecular weight excluding hydrogens is 253 g/mol. The number of nitrogens with one attached hydrogen (secondary N) is 1. The van der Waals surface area contributed by atoms with Crippen molar-refractivity contribution in [3.05, 3.63) is 30.1 Å². The van der Waals surface area contributed by atoms with Gasteiger partial charge < -0.3 is 10.2 Å². The van der Waals surface area contributed by atoms with Gasteiger partial charge in [0.05, 0.1) is 0 Å². The summed E-state index contributed by atoms with van der Waals surface area (Å²) in [5.41, 5.74) is 0. The van der Waals surface area contributed by atoms with Gasteiger partial charge in [-0.05, 0) is 12.1 Å². The number of carboxylic acids is 1. The Hall–Kier alpha value is -1.51. The minimum atomic E-state index is -4.17. The number of hydrogen-bond acceptors (Lipinski definition) is 4. The van der Waals surface area contributed by atoms with Gasteiger partial charge in [0, 0.05) is 6.54 Å². The molecule has 0 heterocycles. The SMILES string of the molecule is O=C(O)C(O)CNS(=O)(=O)c1ccccc1F. The van der Waals surface area contributed by atoms with Crippen LogP contribution in [0, 0.1) is 5.82 Å². The van der Waals surface area contributed by atoms with Crippen molar-refractivity contribution in [2.45, 2.75) is 11.0 Å². The van der Waals surface area contributed by atoms with E-state index in [4.69, 9.17) is 10.2 Å². The smallest absolute Gasteiger partial charge is 0.333 e. The number of aliphatic carboxylic acids is 1. The fraction of sp³-hybridized carbons (Fsp3) is 0.222. The molecule has 0 fully saturated rings. The molecule has 8 heteroatoms. The van der Waals surface area contributed by atoms with E-state index in [0.29, 0.717) is 0 Å². The zero-order valence-electron chi connectivity index (χ0n) is 8.50. The minimum Gasteiger partial charge on any atom is -0.479 e. The fourth-order valence-electron chi connectivity index (χ4n) is 1.02. The van der Waals surface area contributed by atoms with Gasteiger partial charge >= 0.3 is 5.97 Å². The molecule has 94 valence electrons. The Morgan fingerprint density at radius 2 is 2.00 bits per heavy atom. The Bertz CT molecular complexity index is 516. The molecule has 0 amide bonds. The lowest BCUT2D eigenvalue weighted by molar-refractivity contribution is -0.146. The molecule has 0 aliphatic rings. The van der Waals surface area contributed by atoms with Gasteiger partial charge in [0.25, 0.3) is 0 Å². The van der Waals surface area contributed by atoms with Gasteiger partial charge in [-0.3, -0.25) is 0 Å². The van der Waals surface area contributed by atoms with E-state index in [9.17, 15) is 17.6 Å². The average molecular weight is 263 g/mol. The van der Waals surface area contributed by atoms with Crippen molar-refractivity contribution in [3.8, 4) is 0 Å². The molecule has 1 aromatic carbocycles. The summed E-state index contributed by atoms with van der Waals surface area (Å²) in [6.45, 7) is -0.730. The highest BCUT2D eigenvalue weighted by Gasteiger charge is 2.21. The first-order chi connectivity index (χ1) is 7.84. The number of rotatable bonds is 5. The molecule has 6 nitrogen and oxygen atoms in total. The minimum absolute atomic E-state index is 0.599. The van der Waals surface area contributed by atoms with Crippen LogP contribution in [-0.4, -0.2) is 37.2 Å². The Labute approximate surface area is 96.8 Å². The van der Waals surface area contributed by atoms with Crippen LogP contribution in [-0.2, 0) is 14.8 Å². The molecule has 0 aromatic heterocycles. The Kier molecular flexibility index (Phi) is 4.16. The number of carbonyl (C=O) groups is 1. The van der Waals surface area contributed by atoms with Crippen LogP contribution in [0.4, 0.5) is 4.39 Å². The Morgan fingerprint density at radius 3 is 2.53 bits per heavy atom. The molecule has 1 rings (SSSR count). The quantitative estimate of drug-likeness (QED) is 0.667. The van der Waals surface area contributed by atoms with E-state index in [1.54, 1.807) is 4.72 Å². The van der Waals surface area contributed by atoms with Gasteiger partial charge in [-0.15, -0.1) is 0 Å². The first-order valence-corrected chi connectivity index (χ1v) is 5.98. The summed E-state index contributed by atoms with van der Waals surface area (Å²) in [5.74, 6) is -2.52. The second kappa shape index (κ2) is 5.21. The van der Waals surface area contributed by atoms with E-state index < -0.39 is 39.4 Å². The third-order valence-corrected chi connectivity index (χ3v) is 3.33. The first-order valence-electron chi connectivity index (χ1n) is 4.49. The lowest BCUT2D eigenvalue weighted by Gasteiger charge is -2.09. The maximum Gasteiger partial charge on any atom is 0.333 e. The molecule has 1 atom stereocenters. The van der Waals surface area contributed by atoms with Gasteiger partial charge in [0.2, 0.25) is 10.0 Å². The summed E-state index contributed by atoms with van der Waals surface area (Å²) >= 11 is 0. The molecular formula is C9H10FNO5S. The van der Waals surface area contributed by atoms with Crippen LogP contribution in [0.5, 0.6) is 0 Å². The number of benzene rings is 1. The molecule has 1 unspecified atom stereocenters. The predicted octanol–water partition coefficient (Wildman–Crippen LogP) is -0.450. The van der Waals surface area contributed by atoms with Crippen LogP contribution >= 0.6 is 0 Å². The van der Waals surface area contributed by atoms with Crippen LogP contribution in [0.25, 0.3) is 0 Å². The monoisotopic (exact) mass is 263 g/mol. The Balaban J connectivity index is 2.84. The molecule has 0 bridgehead atoms. The summed E-state index contributed by atoms with van der Waals surface area (Å²) in [6, 6.07) is 4.64. The van der Waals surface area contributed by atoms with Crippen molar-refractivity contribution in [2.24, 2.45) is 0 Å². The van der Waals surface area contributed by atoms with Crippen LogP contribution in [0.3, 0.4) is 0 Å². The van der Waals surface area contributed by atoms with Gasteiger partial charge in [0.1, 0.15) is 10.7 Å². The molecule has 0 spiro atoms. The number of hydrogen-bond donors (Lipinski definition) is 3. The number of aliphatic hydroxyl groups excluding tert-OH is 1. The second-order valence-electron chi connectivity index (χ2n) is 3.14. The zero-order valence-corrected chi connectivity index (χ0v) is 9.32. The highest BCUT2D eigenvalue weighted by Crippen LogP contribution is 2.12. The zero-order chi connectivity index (χ0) is 13.1. The average Bonchev–Trinajstić information content (AvgIpc) is 2.26.